The van der Waals surface area contributed by atoms with Crippen LogP contribution in [0.3, 0.4) is 0 Å². The van der Waals surface area contributed by atoms with Crippen LogP contribution in [0.5, 0.6) is 0 Å². The fourth-order valence-electron chi connectivity index (χ4n) is 3.72. The molecule has 0 aliphatic carbocycles. The second kappa shape index (κ2) is 10.1. The van der Waals surface area contributed by atoms with Crippen molar-refractivity contribution in [2.45, 2.75) is 46.3 Å². The van der Waals surface area contributed by atoms with Crippen molar-refractivity contribution in [3.8, 4) is 0 Å². The Morgan fingerprint density at radius 3 is 2.30 bits per heavy atom. The number of nitrogens with one attached hydrogen (secondary N) is 1. The summed E-state index contributed by atoms with van der Waals surface area (Å²) in [6.45, 7) is 6.64. The van der Waals surface area contributed by atoms with Crippen LogP contribution in [-0.4, -0.2) is 27.9 Å². The molecule has 0 fully saturated rings. The molecule has 0 saturated carbocycles. The van der Waals surface area contributed by atoms with Crippen LogP contribution in [0, 0.1) is 10.1 Å². The minimum Gasteiger partial charge on any atom is -0.460 e. The lowest BCUT2D eigenvalue weighted by Crippen LogP contribution is -2.33. The molecule has 0 spiro atoms. The fourth-order valence-corrected chi connectivity index (χ4v) is 3.72. The second-order valence-electron chi connectivity index (χ2n) is 7.80. The maximum absolute atomic E-state index is 13.3. The minimum absolute atomic E-state index is 0.0888. The topological polar surface area (TPSA) is 121 Å². The molecule has 33 heavy (non-hydrogen) atoms. The highest BCUT2D eigenvalue weighted by atomic mass is 16.6. The number of rotatable bonds is 7. The van der Waals surface area contributed by atoms with Gasteiger partial charge < -0.3 is 14.8 Å². The number of para-hydroxylation sites is 1. The van der Waals surface area contributed by atoms with Gasteiger partial charge in [0, 0.05) is 29.2 Å². The number of nitro benzene ring substituents is 1. The Bertz CT molecular complexity index is 1140. The van der Waals surface area contributed by atoms with Crippen molar-refractivity contribution in [1.29, 1.82) is 0 Å². The van der Waals surface area contributed by atoms with Crippen molar-refractivity contribution < 1.29 is 24.0 Å². The van der Waals surface area contributed by atoms with E-state index < -0.39 is 28.9 Å². The number of dihydropyridines is 1. The maximum atomic E-state index is 13.3. The van der Waals surface area contributed by atoms with Gasteiger partial charge >= 0.3 is 11.9 Å². The van der Waals surface area contributed by atoms with Crippen molar-refractivity contribution >= 4 is 17.6 Å². The molecule has 0 saturated heterocycles. The van der Waals surface area contributed by atoms with Crippen molar-refractivity contribution in [2.75, 3.05) is 0 Å². The van der Waals surface area contributed by atoms with E-state index in [1.165, 1.54) is 18.2 Å². The number of ether oxygens (including phenoxy) is 2. The zero-order chi connectivity index (χ0) is 24.1. The van der Waals surface area contributed by atoms with Crippen LogP contribution in [-0.2, 0) is 25.7 Å². The lowest BCUT2D eigenvalue weighted by atomic mass is 9.79. The molecule has 9 heteroatoms. The van der Waals surface area contributed by atoms with E-state index in [1.807, 2.05) is 0 Å². The average molecular weight is 451 g/mol. The number of aromatic nitrogens is 1. The SMILES string of the molecule is CC1=C(C(=O)OCc2ccccn2)C(c2ccccc2[N+](=O)[O-])C(C(=O)OC(C)C)=C(C)N1. The van der Waals surface area contributed by atoms with Crippen molar-refractivity contribution in [3.63, 3.8) is 0 Å². The number of nitro groups is 1. The third-order valence-corrected chi connectivity index (χ3v) is 5.06. The van der Waals surface area contributed by atoms with E-state index in [-0.39, 0.29) is 29.0 Å². The number of hydrogen-bond acceptors (Lipinski definition) is 8. The second-order valence-corrected chi connectivity index (χ2v) is 7.80. The van der Waals surface area contributed by atoms with Crippen LogP contribution in [0.25, 0.3) is 0 Å². The van der Waals surface area contributed by atoms with Gasteiger partial charge in [-0.3, -0.25) is 15.1 Å². The molecule has 0 radical (unpaired) electrons. The summed E-state index contributed by atoms with van der Waals surface area (Å²) in [4.78, 5) is 41.7. The summed E-state index contributed by atoms with van der Waals surface area (Å²) in [5.41, 5.74) is 1.62. The van der Waals surface area contributed by atoms with E-state index in [0.29, 0.717) is 17.1 Å². The number of hydrogen-bond donors (Lipinski definition) is 1. The van der Waals surface area contributed by atoms with E-state index in [1.54, 1.807) is 58.2 Å². The zero-order valence-electron chi connectivity index (χ0n) is 18.8. The molecular weight excluding hydrogens is 426 g/mol. The summed E-state index contributed by atoms with van der Waals surface area (Å²) in [7, 11) is 0. The quantitative estimate of drug-likeness (QED) is 0.382. The van der Waals surface area contributed by atoms with Gasteiger partial charge in [0.25, 0.3) is 5.69 Å². The summed E-state index contributed by atoms with van der Waals surface area (Å²) >= 11 is 0. The van der Waals surface area contributed by atoms with Crippen LogP contribution in [0.4, 0.5) is 5.69 Å². The average Bonchev–Trinajstić information content (AvgIpc) is 2.77. The number of pyridine rings is 1. The lowest BCUT2D eigenvalue weighted by molar-refractivity contribution is -0.385. The molecule has 1 N–H and O–H groups in total. The predicted molar refractivity (Wildman–Crippen MR) is 120 cm³/mol. The Kier molecular flexibility index (Phi) is 7.22. The number of allylic oxidation sites excluding steroid dienone is 2. The van der Waals surface area contributed by atoms with Crippen LogP contribution in [0.2, 0.25) is 0 Å². The number of esters is 2. The third kappa shape index (κ3) is 5.25. The summed E-state index contributed by atoms with van der Waals surface area (Å²) in [6, 6.07) is 11.2. The van der Waals surface area contributed by atoms with Crippen molar-refractivity contribution in [3.05, 3.63) is 92.6 Å². The Hall–Kier alpha value is -4.01. The first-order valence-electron chi connectivity index (χ1n) is 10.4. The largest absolute Gasteiger partial charge is 0.460 e. The van der Waals surface area contributed by atoms with Gasteiger partial charge in [0.1, 0.15) is 6.61 Å². The molecule has 0 amide bonds. The Morgan fingerprint density at radius 2 is 1.70 bits per heavy atom. The Balaban J connectivity index is 2.10. The smallest absolute Gasteiger partial charge is 0.337 e. The fraction of sp³-hybridized carbons (Fsp3) is 0.292. The molecule has 1 unspecified atom stereocenters. The first kappa shape index (κ1) is 23.6. The van der Waals surface area contributed by atoms with Gasteiger partial charge in [-0.2, -0.15) is 0 Å². The van der Waals surface area contributed by atoms with Gasteiger partial charge in [-0.1, -0.05) is 24.3 Å². The van der Waals surface area contributed by atoms with E-state index >= 15 is 0 Å². The predicted octanol–water partition coefficient (Wildman–Crippen LogP) is 3.92. The standard InChI is InChI=1S/C24H25N3O6/c1-14(2)33-24(29)21-16(4)26-15(3)20(23(28)32-13-17-9-7-8-12-25-17)22(21)18-10-5-6-11-19(18)27(30)31/h5-12,14,22,26H,13H2,1-4H3. The van der Waals surface area contributed by atoms with Gasteiger partial charge in [-0.05, 0) is 39.8 Å². The first-order chi connectivity index (χ1) is 15.7. The minimum atomic E-state index is -1.05. The van der Waals surface area contributed by atoms with E-state index in [9.17, 15) is 19.7 Å². The molecule has 3 rings (SSSR count). The number of carbonyl (C=O) groups excluding carboxylic acids is 2. The highest BCUT2D eigenvalue weighted by Crippen LogP contribution is 2.42. The molecular formula is C24H25N3O6. The highest BCUT2D eigenvalue weighted by molar-refractivity contribution is 6.00. The zero-order valence-corrected chi connectivity index (χ0v) is 18.8. The number of nitrogens with zero attached hydrogens (tertiary/aromatic N) is 2. The van der Waals surface area contributed by atoms with Gasteiger partial charge in [0.2, 0.25) is 0 Å². The summed E-state index contributed by atoms with van der Waals surface area (Å²) in [5, 5.41) is 14.8. The monoisotopic (exact) mass is 451 g/mol. The van der Waals surface area contributed by atoms with Crippen molar-refractivity contribution in [2.24, 2.45) is 0 Å². The summed E-state index contributed by atoms with van der Waals surface area (Å²) < 4.78 is 10.9. The molecule has 1 atom stereocenters. The molecule has 1 aliphatic rings. The molecule has 172 valence electrons. The van der Waals surface area contributed by atoms with Gasteiger partial charge in [-0.25, -0.2) is 9.59 Å². The van der Waals surface area contributed by atoms with E-state index in [2.05, 4.69) is 10.3 Å². The first-order valence-corrected chi connectivity index (χ1v) is 10.4. The molecule has 1 aliphatic heterocycles. The Labute approximate surface area is 191 Å². The Morgan fingerprint density at radius 1 is 1.06 bits per heavy atom. The highest BCUT2D eigenvalue weighted by Gasteiger charge is 2.41. The van der Waals surface area contributed by atoms with Crippen LogP contribution in [0.15, 0.2) is 71.2 Å². The van der Waals surface area contributed by atoms with Gasteiger partial charge in [0.15, 0.2) is 0 Å². The summed E-state index contributed by atoms with van der Waals surface area (Å²) in [5.74, 6) is -2.42. The van der Waals surface area contributed by atoms with Gasteiger partial charge in [-0.15, -0.1) is 0 Å². The molecule has 0 bridgehead atoms. The van der Waals surface area contributed by atoms with Crippen molar-refractivity contribution in [1.82, 2.24) is 10.3 Å². The number of benzene rings is 1. The lowest BCUT2D eigenvalue weighted by Gasteiger charge is -2.30. The molecule has 1 aromatic heterocycles. The third-order valence-electron chi connectivity index (χ3n) is 5.06. The van der Waals surface area contributed by atoms with Gasteiger partial charge in [0.05, 0.1) is 33.8 Å². The van der Waals surface area contributed by atoms with E-state index in [0.717, 1.165) is 0 Å². The number of carbonyl (C=O) groups is 2. The maximum Gasteiger partial charge on any atom is 0.337 e. The van der Waals surface area contributed by atoms with Crippen LogP contribution >= 0.6 is 0 Å². The summed E-state index contributed by atoms with van der Waals surface area (Å²) in [6.07, 6.45) is 1.16. The molecule has 1 aromatic carbocycles. The molecule has 2 heterocycles. The van der Waals surface area contributed by atoms with E-state index in [4.69, 9.17) is 9.47 Å². The molecule has 2 aromatic rings. The molecule has 9 nitrogen and oxygen atoms in total. The normalized spacial score (nSPS) is 15.8. The van der Waals surface area contributed by atoms with Crippen LogP contribution in [0.1, 0.15) is 44.9 Å². The van der Waals surface area contributed by atoms with Crippen LogP contribution < -0.4 is 5.32 Å².